The Labute approximate surface area is 396 Å². The van der Waals surface area contributed by atoms with Gasteiger partial charge in [-0.1, -0.05) is 38.1 Å². The molecule has 25 heteroatoms. The van der Waals surface area contributed by atoms with E-state index in [1.54, 1.807) is 26.8 Å². The van der Waals surface area contributed by atoms with E-state index in [0.29, 0.717) is 90.9 Å². The molecule has 0 aromatic heterocycles. The van der Waals surface area contributed by atoms with Crippen molar-refractivity contribution in [2.24, 2.45) is 33.3 Å². The van der Waals surface area contributed by atoms with Gasteiger partial charge in [0.15, 0.2) is 5.84 Å². The molecule has 0 saturated carbocycles. The standard InChI is InChI=1S/C21H39N5O7.C18H28N5O4P.C2H6N2.CH5N/c1-17(2)3-4-22-18(27)13-23-5-7-24(14-19(28)29)9-11-26(16-21(32)33)12-10-25(8-6-23)15-20(30)31;1-20-23-18(19)15-8-6-14(7-9-15)12-22-17(26)5-3-4-16(25)21-10-11-27-28(2)13-24;1-2(3)4;1-2/h17H,3-16H2,1-2H3,(H,22,27)(H,28,29)(H,30,31)(H,32,33);6-9,24H,1,3-5,10-13H2,2H3,(H2,19,23)(H,21,25)(H,22,26);1H3,(H3,3,4);2H2,1H3. The van der Waals surface area contributed by atoms with E-state index in [9.17, 15) is 44.1 Å². The first kappa shape index (κ1) is 63.9. The van der Waals surface area contributed by atoms with Gasteiger partial charge in [-0.2, -0.15) is 5.10 Å². The number of aliphatic hydroxyl groups excluding tert-OH is 1. The Morgan fingerprint density at radius 2 is 1.15 bits per heavy atom. The Morgan fingerprint density at radius 1 is 0.746 bits per heavy atom. The van der Waals surface area contributed by atoms with Crippen molar-refractivity contribution in [1.29, 1.82) is 5.41 Å². The highest BCUT2D eigenvalue weighted by atomic mass is 31.1. The molecule has 67 heavy (non-hydrogen) atoms. The largest absolute Gasteiger partial charge is 0.480 e. The minimum absolute atomic E-state index is 0.0115. The van der Waals surface area contributed by atoms with Crippen molar-refractivity contribution in [2.75, 3.05) is 118 Å². The molecule has 1 aromatic rings. The second-order valence-electron chi connectivity index (χ2n) is 15.4. The van der Waals surface area contributed by atoms with Gasteiger partial charge in [0, 0.05) is 97.1 Å². The predicted molar refractivity (Wildman–Crippen MR) is 260 cm³/mol. The summed E-state index contributed by atoms with van der Waals surface area (Å²) in [6.45, 7) is 15.1. The molecule has 0 radical (unpaired) electrons. The molecule has 24 nitrogen and oxygen atoms in total. The van der Waals surface area contributed by atoms with Gasteiger partial charge in [-0.25, -0.2) is 0 Å². The number of carbonyl (C=O) groups is 6. The summed E-state index contributed by atoms with van der Waals surface area (Å²) in [6.07, 6.45) is 1.90. The summed E-state index contributed by atoms with van der Waals surface area (Å²) in [7, 11) is 0.673. The van der Waals surface area contributed by atoms with E-state index >= 15 is 0 Å². The van der Waals surface area contributed by atoms with Crippen LogP contribution in [-0.2, 0) is 39.8 Å². The summed E-state index contributed by atoms with van der Waals surface area (Å²) in [6, 6.07) is 7.27. The van der Waals surface area contributed by atoms with Gasteiger partial charge < -0.3 is 58.1 Å². The lowest BCUT2D eigenvalue weighted by atomic mass is 10.1. The summed E-state index contributed by atoms with van der Waals surface area (Å²) < 4.78 is 5.31. The maximum Gasteiger partial charge on any atom is 0.317 e. The number of hydrogen-bond donors (Lipinski definition) is 11. The Kier molecular flexibility index (Phi) is 38.1. The summed E-state index contributed by atoms with van der Waals surface area (Å²) in [5.74, 6) is -2.38. The van der Waals surface area contributed by atoms with E-state index in [1.165, 1.54) is 14.0 Å². The van der Waals surface area contributed by atoms with Gasteiger partial charge in [-0.05, 0) is 45.0 Å². The number of aliphatic hydroxyl groups is 1. The smallest absolute Gasteiger partial charge is 0.317 e. The van der Waals surface area contributed by atoms with E-state index in [4.69, 9.17) is 26.5 Å². The molecule has 1 aliphatic rings. The van der Waals surface area contributed by atoms with Crippen molar-refractivity contribution in [3.63, 3.8) is 0 Å². The lowest BCUT2D eigenvalue weighted by molar-refractivity contribution is -0.140. The third kappa shape index (κ3) is 38.6. The molecule has 1 aliphatic heterocycles. The average Bonchev–Trinajstić information content (AvgIpc) is 3.25. The molecule has 1 heterocycles. The van der Waals surface area contributed by atoms with Crippen LogP contribution in [0.1, 0.15) is 57.6 Å². The second-order valence-corrected chi connectivity index (χ2v) is 17.2. The number of amides is 3. The molecule has 1 aromatic carbocycles. The van der Waals surface area contributed by atoms with Crippen LogP contribution in [0.3, 0.4) is 0 Å². The molecule has 14 N–H and O–H groups in total. The molecule has 2 rings (SSSR count). The van der Waals surface area contributed by atoms with Crippen LogP contribution in [0.25, 0.3) is 0 Å². The summed E-state index contributed by atoms with van der Waals surface area (Å²) in [5, 5.41) is 58.3. The summed E-state index contributed by atoms with van der Waals surface area (Å²) >= 11 is 0. The monoisotopic (exact) mass is 972 g/mol. The Balaban J connectivity index is 0. The van der Waals surface area contributed by atoms with Gasteiger partial charge in [0.1, 0.15) is 0 Å². The van der Waals surface area contributed by atoms with Crippen LogP contribution >= 0.6 is 8.15 Å². The number of carboxylic acid groups (broad SMARTS) is 3. The topological polar surface area (TPSA) is 368 Å². The van der Waals surface area contributed by atoms with Gasteiger partial charge in [0.25, 0.3) is 0 Å². The highest BCUT2D eigenvalue weighted by Crippen LogP contribution is 2.29. The number of nitrogens with two attached hydrogens (primary N) is 3. The quantitative estimate of drug-likeness (QED) is 0.0195. The first-order valence-corrected chi connectivity index (χ1v) is 23.7. The summed E-state index contributed by atoms with van der Waals surface area (Å²) in [5.41, 5.74) is 16.6. The lowest BCUT2D eigenvalue weighted by Gasteiger charge is -2.32. The molecular weight excluding hydrogens is 894 g/mol. The predicted octanol–water partition coefficient (Wildman–Crippen LogP) is -0.955. The van der Waals surface area contributed by atoms with E-state index in [1.807, 2.05) is 23.7 Å². The van der Waals surface area contributed by atoms with Crippen molar-refractivity contribution in [3.05, 3.63) is 35.4 Å². The van der Waals surface area contributed by atoms with Crippen LogP contribution < -0.4 is 33.2 Å². The molecule has 1 unspecified atom stereocenters. The molecule has 382 valence electrons. The second kappa shape index (κ2) is 39.9. The Bertz CT molecular complexity index is 1610. The molecule has 0 bridgehead atoms. The number of aliphatic carboxylic acids is 3. The molecule has 0 aliphatic carbocycles. The van der Waals surface area contributed by atoms with Gasteiger partial charge in [-0.15, -0.1) is 5.10 Å². The Hall–Kier alpha value is -5.20. The average molecular weight is 972 g/mol. The van der Waals surface area contributed by atoms with Crippen LogP contribution in [0.4, 0.5) is 0 Å². The zero-order valence-corrected chi connectivity index (χ0v) is 40.8. The maximum atomic E-state index is 12.4. The van der Waals surface area contributed by atoms with Gasteiger partial charge in [0.05, 0.1) is 53.1 Å². The fraction of sp³-hybridized carbons (Fsp3) is 0.643. The SMILES string of the molecule is C=N/N=C(\N)c1ccc(CNC(=O)CCCC(=O)NCCOP(C)CO)cc1.CC(=N)N.CC(C)CCNC(=O)CN1CCN(CC(=O)O)CCN(CC(=O)O)CCN(CC(=O)O)CC1.CN. The fourth-order valence-corrected chi connectivity index (χ4v) is 6.18. The molecular formula is C42H78N13O11P. The van der Waals surface area contributed by atoms with Crippen molar-refractivity contribution in [2.45, 2.75) is 53.0 Å². The highest BCUT2D eigenvalue weighted by Gasteiger charge is 2.21. The molecule has 0 spiro atoms. The van der Waals surface area contributed by atoms with E-state index in [0.717, 1.165) is 17.5 Å². The fourth-order valence-electron chi connectivity index (χ4n) is 5.69. The van der Waals surface area contributed by atoms with Crippen molar-refractivity contribution < 1.29 is 53.7 Å². The number of rotatable bonds is 24. The molecule has 1 saturated heterocycles. The van der Waals surface area contributed by atoms with Gasteiger partial charge >= 0.3 is 17.9 Å². The molecule has 3 amide bonds. The third-order valence-electron chi connectivity index (χ3n) is 9.08. The number of amidine groups is 2. The normalized spacial score (nSPS) is 14.7. The van der Waals surface area contributed by atoms with E-state index in [-0.39, 0.29) is 74.8 Å². The number of benzene rings is 1. The third-order valence-corrected chi connectivity index (χ3v) is 10.1. The maximum absolute atomic E-state index is 12.4. The summed E-state index contributed by atoms with van der Waals surface area (Å²) in [4.78, 5) is 76.8. The lowest BCUT2D eigenvalue weighted by Crippen LogP contribution is -2.49. The minimum Gasteiger partial charge on any atom is -0.480 e. The van der Waals surface area contributed by atoms with Crippen LogP contribution in [-0.4, -0.2) is 212 Å². The van der Waals surface area contributed by atoms with E-state index < -0.39 is 26.1 Å². The zero-order chi connectivity index (χ0) is 51.2. The van der Waals surface area contributed by atoms with Crippen LogP contribution in [0.2, 0.25) is 0 Å². The Morgan fingerprint density at radius 3 is 1.54 bits per heavy atom. The number of nitrogens with zero attached hydrogens (tertiary/aromatic N) is 6. The number of carboxylic acids is 3. The first-order chi connectivity index (χ1) is 31.7. The van der Waals surface area contributed by atoms with Crippen molar-refractivity contribution in [1.82, 2.24) is 35.6 Å². The van der Waals surface area contributed by atoms with Gasteiger partial charge in [0.2, 0.25) is 17.7 Å². The number of hydrogen-bond acceptors (Lipinski definition) is 16. The van der Waals surface area contributed by atoms with Crippen molar-refractivity contribution >= 4 is 62.2 Å². The molecule has 1 atom stereocenters. The minimum atomic E-state index is -0.994. The zero-order valence-electron chi connectivity index (χ0n) is 40.0. The number of carbonyl (C=O) groups excluding carboxylic acids is 3. The molecule has 1 fully saturated rings. The van der Waals surface area contributed by atoms with Crippen molar-refractivity contribution in [3.8, 4) is 0 Å². The van der Waals surface area contributed by atoms with E-state index in [2.05, 4.69) is 52.5 Å². The highest BCUT2D eigenvalue weighted by molar-refractivity contribution is 7.51. The van der Waals surface area contributed by atoms with Crippen LogP contribution in [0.15, 0.2) is 34.5 Å². The van der Waals surface area contributed by atoms with Crippen LogP contribution in [0, 0.1) is 11.3 Å². The number of nitrogens with one attached hydrogen (secondary N) is 4. The first-order valence-electron chi connectivity index (χ1n) is 21.8. The van der Waals surface area contributed by atoms with Crippen LogP contribution in [0.5, 0.6) is 0 Å². The van der Waals surface area contributed by atoms with Gasteiger partial charge in [-0.3, -0.25) is 53.8 Å².